The number of carbonyl (C=O) groups excluding carboxylic acids is 1. The van der Waals surface area contributed by atoms with E-state index in [9.17, 15) is 4.79 Å². The molecule has 5 nitrogen and oxygen atoms in total. The van der Waals surface area contributed by atoms with E-state index in [0.29, 0.717) is 24.1 Å². The molecule has 0 saturated carbocycles. The first kappa shape index (κ1) is 18.5. The van der Waals surface area contributed by atoms with Crippen molar-refractivity contribution in [1.29, 1.82) is 0 Å². The van der Waals surface area contributed by atoms with Crippen LogP contribution in [-0.4, -0.2) is 40.1 Å². The van der Waals surface area contributed by atoms with Crippen LogP contribution in [0.4, 0.5) is 5.69 Å². The van der Waals surface area contributed by atoms with Gasteiger partial charge in [0.25, 0.3) is 5.91 Å². The zero-order valence-corrected chi connectivity index (χ0v) is 16.2. The number of anilines is 1. The Morgan fingerprint density at radius 3 is 2.54 bits per heavy atom. The maximum Gasteiger partial charge on any atom is 0.274 e. The number of benzene rings is 1. The molecule has 0 unspecified atom stereocenters. The highest BCUT2D eigenvalue weighted by Gasteiger charge is 2.26. The Balaban J connectivity index is 1.62. The summed E-state index contributed by atoms with van der Waals surface area (Å²) >= 11 is 0. The molecule has 26 heavy (non-hydrogen) atoms. The molecular weight excluding hydrogens is 324 g/mol. The predicted octanol–water partition coefficient (Wildman–Crippen LogP) is 4.37. The summed E-state index contributed by atoms with van der Waals surface area (Å²) < 4.78 is 0. The molecular formula is C21H30N4O. The number of amides is 1. The van der Waals surface area contributed by atoms with Gasteiger partial charge in [-0.3, -0.25) is 9.89 Å². The third kappa shape index (κ3) is 4.26. The highest BCUT2D eigenvalue weighted by molar-refractivity contribution is 5.92. The summed E-state index contributed by atoms with van der Waals surface area (Å²) in [6.07, 6.45) is 2.09. The van der Waals surface area contributed by atoms with Gasteiger partial charge in [-0.2, -0.15) is 5.10 Å². The average molecular weight is 354 g/mol. The van der Waals surface area contributed by atoms with Crippen molar-refractivity contribution in [2.75, 3.05) is 18.4 Å². The number of likely N-dealkylation sites (tertiary alicyclic amines) is 1. The fourth-order valence-corrected chi connectivity index (χ4v) is 3.38. The van der Waals surface area contributed by atoms with Crippen LogP contribution >= 0.6 is 0 Å². The molecule has 0 spiro atoms. The minimum atomic E-state index is 0.0230. The Bertz CT molecular complexity index is 733. The fraction of sp³-hybridized carbons (Fsp3) is 0.524. The number of aromatic amines is 1. The number of hydrogen-bond donors (Lipinski definition) is 2. The maximum atomic E-state index is 12.8. The molecule has 1 aliphatic rings. The number of rotatable bonds is 5. The summed E-state index contributed by atoms with van der Waals surface area (Å²) in [4.78, 5) is 14.7. The maximum absolute atomic E-state index is 12.8. The Hall–Kier alpha value is -2.30. The van der Waals surface area contributed by atoms with Gasteiger partial charge in [-0.05, 0) is 48.4 Å². The SMILES string of the molecule is CC(C)c1ccc(N[C@H]2CCCN(C(=O)c3cc(C(C)C)[nH]n3)C2)cc1. The van der Waals surface area contributed by atoms with Crippen molar-refractivity contribution in [3.8, 4) is 0 Å². The van der Waals surface area contributed by atoms with Gasteiger partial charge in [-0.15, -0.1) is 0 Å². The van der Waals surface area contributed by atoms with Crippen molar-refractivity contribution in [3.05, 3.63) is 47.3 Å². The van der Waals surface area contributed by atoms with Gasteiger partial charge < -0.3 is 10.2 Å². The smallest absolute Gasteiger partial charge is 0.274 e. The zero-order chi connectivity index (χ0) is 18.7. The molecule has 1 aliphatic heterocycles. The monoisotopic (exact) mass is 354 g/mol. The lowest BCUT2D eigenvalue weighted by Crippen LogP contribution is -2.45. The summed E-state index contributed by atoms with van der Waals surface area (Å²) in [6, 6.07) is 10.8. The van der Waals surface area contributed by atoms with Crippen LogP contribution in [0.2, 0.25) is 0 Å². The molecule has 1 aromatic heterocycles. The van der Waals surface area contributed by atoms with Gasteiger partial charge in [0, 0.05) is 30.5 Å². The topological polar surface area (TPSA) is 61.0 Å². The summed E-state index contributed by atoms with van der Waals surface area (Å²) in [5.41, 5.74) is 3.99. The van der Waals surface area contributed by atoms with Crippen molar-refractivity contribution in [1.82, 2.24) is 15.1 Å². The first-order chi connectivity index (χ1) is 12.4. The minimum absolute atomic E-state index is 0.0230. The molecule has 0 aliphatic carbocycles. The van der Waals surface area contributed by atoms with Crippen LogP contribution < -0.4 is 5.32 Å². The Labute approximate surface area is 156 Å². The van der Waals surface area contributed by atoms with E-state index in [1.807, 2.05) is 11.0 Å². The lowest BCUT2D eigenvalue weighted by Gasteiger charge is -2.33. The van der Waals surface area contributed by atoms with Gasteiger partial charge in [0.05, 0.1) is 0 Å². The van der Waals surface area contributed by atoms with Crippen LogP contribution in [0.1, 0.15) is 74.1 Å². The summed E-state index contributed by atoms with van der Waals surface area (Å²) in [5, 5.41) is 10.8. The van der Waals surface area contributed by atoms with Crippen molar-refractivity contribution in [2.45, 2.75) is 58.4 Å². The van der Waals surface area contributed by atoms with Gasteiger partial charge in [0.1, 0.15) is 5.69 Å². The first-order valence-electron chi connectivity index (χ1n) is 9.65. The molecule has 1 fully saturated rings. The third-order valence-electron chi connectivity index (χ3n) is 5.10. The number of H-pyrrole nitrogens is 1. The molecule has 5 heteroatoms. The second kappa shape index (κ2) is 7.94. The second-order valence-corrected chi connectivity index (χ2v) is 7.87. The van der Waals surface area contributed by atoms with E-state index >= 15 is 0 Å². The van der Waals surface area contributed by atoms with Gasteiger partial charge in [0.15, 0.2) is 0 Å². The van der Waals surface area contributed by atoms with Gasteiger partial charge in [-0.1, -0.05) is 39.8 Å². The Morgan fingerprint density at radius 1 is 1.19 bits per heavy atom. The first-order valence-corrected chi connectivity index (χ1v) is 9.65. The minimum Gasteiger partial charge on any atom is -0.381 e. The van der Waals surface area contributed by atoms with Crippen molar-refractivity contribution in [3.63, 3.8) is 0 Å². The number of carbonyl (C=O) groups is 1. The van der Waals surface area contributed by atoms with Crippen molar-refractivity contribution >= 4 is 11.6 Å². The Morgan fingerprint density at radius 2 is 1.92 bits per heavy atom. The number of hydrogen-bond acceptors (Lipinski definition) is 3. The molecule has 3 rings (SSSR count). The Kier molecular flexibility index (Phi) is 5.64. The molecule has 2 N–H and O–H groups in total. The molecule has 0 bridgehead atoms. The summed E-state index contributed by atoms with van der Waals surface area (Å²) in [5.74, 6) is 0.903. The molecule has 140 valence electrons. The number of aromatic nitrogens is 2. The van der Waals surface area contributed by atoms with E-state index < -0.39 is 0 Å². The largest absolute Gasteiger partial charge is 0.381 e. The molecule has 2 aromatic rings. The quantitative estimate of drug-likeness (QED) is 0.838. The van der Waals surface area contributed by atoms with Gasteiger partial charge >= 0.3 is 0 Å². The highest BCUT2D eigenvalue weighted by Crippen LogP contribution is 2.21. The average Bonchev–Trinajstić information content (AvgIpc) is 3.12. The summed E-state index contributed by atoms with van der Waals surface area (Å²) in [7, 11) is 0. The fourth-order valence-electron chi connectivity index (χ4n) is 3.38. The van der Waals surface area contributed by atoms with E-state index in [2.05, 4.69) is 67.5 Å². The zero-order valence-electron chi connectivity index (χ0n) is 16.2. The van der Waals surface area contributed by atoms with Crippen LogP contribution in [0, 0.1) is 0 Å². The van der Waals surface area contributed by atoms with E-state index in [-0.39, 0.29) is 11.9 Å². The number of piperidine rings is 1. The van der Waals surface area contributed by atoms with E-state index in [4.69, 9.17) is 0 Å². The molecule has 1 aromatic carbocycles. The standard InChI is InChI=1S/C21H30N4O/c1-14(2)16-7-9-17(10-8-16)22-18-6-5-11-25(13-18)21(26)20-12-19(15(3)4)23-24-20/h7-10,12,14-15,18,22H,5-6,11,13H2,1-4H3,(H,23,24)/t18-/m0/s1. The molecule has 1 amide bonds. The van der Waals surface area contributed by atoms with Crippen LogP contribution in [0.15, 0.2) is 30.3 Å². The van der Waals surface area contributed by atoms with Crippen LogP contribution in [-0.2, 0) is 0 Å². The predicted molar refractivity (Wildman–Crippen MR) is 106 cm³/mol. The van der Waals surface area contributed by atoms with Crippen molar-refractivity contribution in [2.24, 2.45) is 0 Å². The molecule has 0 radical (unpaired) electrons. The third-order valence-corrected chi connectivity index (χ3v) is 5.10. The normalized spacial score (nSPS) is 17.8. The number of nitrogens with zero attached hydrogens (tertiary/aromatic N) is 2. The van der Waals surface area contributed by atoms with E-state index in [1.165, 1.54) is 5.56 Å². The van der Waals surface area contributed by atoms with Crippen LogP contribution in [0.3, 0.4) is 0 Å². The molecule has 1 saturated heterocycles. The lowest BCUT2D eigenvalue weighted by molar-refractivity contribution is 0.0709. The number of nitrogens with one attached hydrogen (secondary N) is 2. The van der Waals surface area contributed by atoms with E-state index in [1.54, 1.807) is 0 Å². The highest BCUT2D eigenvalue weighted by atomic mass is 16.2. The van der Waals surface area contributed by atoms with Gasteiger partial charge in [-0.25, -0.2) is 0 Å². The van der Waals surface area contributed by atoms with Crippen LogP contribution in [0.5, 0.6) is 0 Å². The second-order valence-electron chi connectivity index (χ2n) is 7.87. The lowest BCUT2D eigenvalue weighted by atomic mass is 10.0. The van der Waals surface area contributed by atoms with E-state index in [0.717, 1.165) is 30.8 Å². The molecule has 1 atom stereocenters. The summed E-state index contributed by atoms with van der Waals surface area (Å²) in [6.45, 7) is 10.1. The van der Waals surface area contributed by atoms with Gasteiger partial charge in [0.2, 0.25) is 0 Å². The van der Waals surface area contributed by atoms with Crippen molar-refractivity contribution < 1.29 is 4.79 Å². The molecule has 2 heterocycles. The van der Waals surface area contributed by atoms with Crippen LogP contribution in [0.25, 0.3) is 0 Å².